The molecule has 1 aliphatic heterocycles. The molecule has 1 aromatic heterocycles. The molecule has 0 spiro atoms. The lowest BCUT2D eigenvalue weighted by Crippen LogP contribution is -2.20. The first kappa shape index (κ1) is 14.3. The van der Waals surface area contributed by atoms with Crippen LogP contribution in [-0.4, -0.2) is 0 Å². The van der Waals surface area contributed by atoms with Crippen molar-refractivity contribution in [1.82, 2.24) is 0 Å². The molecule has 0 saturated carbocycles. The Hall–Kier alpha value is -2.29. The number of fused-ring (bicyclic) bond motifs is 3. The van der Waals surface area contributed by atoms with Gasteiger partial charge < -0.3 is 10.5 Å². The maximum absolute atomic E-state index is 9.62. The van der Waals surface area contributed by atoms with Gasteiger partial charge in [-0.1, -0.05) is 30.3 Å². The standard InChI is InChI=1S/C18H11BrN2OS/c19-15-8-7-14(23-15)17-12(9-20)18(21)22-13-6-5-10-3-1-2-4-11(10)16(13)17/h1-8,17H,21H2/t17-/m0/s1. The van der Waals surface area contributed by atoms with Crippen molar-refractivity contribution < 1.29 is 4.74 Å². The molecule has 4 rings (SSSR count). The van der Waals surface area contributed by atoms with Gasteiger partial charge in [0, 0.05) is 10.4 Å². The number of nitrogens with zero attached hydrogens (tertiary/aromatic N) is 1. The van der Waals surface area contributed by atoms with E-state index in [0.717, 1.165) is 30.7 Å². The molecule has 5 heteroatoms. The van der Waals surface area contributed by atoms with Crippen LogP contribution in [0.2, 0.25) is 0 Å². The van der Waals surface area contributed by atoms with Crippen molar-refractivity contribution >= 4 is 38.0 Å². The van der Waals surface area contributed by atoms with Crippen LogP contribution in [0.25, 0.3) is 10.8 Å². The van der Waals surface area contributed by atoms with E-state index in [2.05, 4.69) is 34.1 Å². The number of ether oxygens (including phenoxy) is 1. The van der Waals surface area contributed by atoms with Crippen molar-refractivity contribution in [1.29, 1.82) is 5.26 Å². The number of hydrogen-bond acceptors (Lipinski definition) is 4. The summed E-state index contributed by atoms with van der Waals surface area (Å²) < 4.78 is 6.75. The molecule has 0 aliphatic carbocycles. The first-order valence-corrected chi connectivity index (χ1v) is 8.64. The Balaban J connectivity index is 2.07. The summed E-state index contributed by atoms with van der Waals surface area (Å²) in [4.78, 5) is 1.07. The zero-order valence-corrected chi connectivity index (χ0v) is 14.3. The summed E-state index contributed by atoms with van der Waals surface area (Å²) in [5.74, 6) is 0.700. The van der Waals surface area contributed by atoms with E-state index in [-0.39, 0.29) is 11.8 Å². The lowest BCUT2D eigenvalue weighted by molar-refractivity contribution is 0.395. The zero-order valence-electron chi connectivity index (χ0n) is 11.9. The molecule has 112 valence electrons. The van der Waals surface area contributed by atoms with Gasteiger partial charge in [-0.15, -0.1) is 11.3 Å². The minimum atomic E-state index is -0.203. The fraction of sp³-hybridized carbons (Fsp3) is 0.0556. The molecule has 0 amide bonds. The highest BCUT2D eigenvalue weighted by Crippen LogP contribution is 2.47. The molecular weight excluding hydrogens is 372 g/mol. The van der Waals surface area contributed by atoms with Crippen LogP contribution in [-0.2, 0) is 0 Å². The molecule has 2 heterocycles. The van der Waals surface area contributed by atoms with E-state index in [1.807, 2.05) is 36.4 Å². The number of allylic oxidation sites excluding steroid dienone is 1. The first-order chi connectivity index (χ1) is 11.2. The summed E-state index contributed by atoms with van der Waals surface area (Å²) in [5.41, 5.74) is 7.48. The van der Waals surface area contributed by atoms with E-state index in [4.69, 9.17) is 10.5 Å². The summed E-state index contributed by atoms with van der Waals surface area (Å²) in [6.07, 6.45) is 0. The number of thiophene rings is 1. The molecule has 2 aromatic carbocycles. The van der Waals surface area contributed by atoms with Crippen molar-refractivity contribution in [2.24, 2.45) is 5.73 Å². The molecule has 0 bridgehead atoms. The Kier molecular flexibility index (Phi) is 3.37. The molecule has 0 fully saturated rings. The van der Waals surface area contributed by atoms with Gasteiger partial charge in [-0.25, -0.2) is 0 Å². The van der Waals surface area contributed by atoms with Crippen molar-refractivity contribution in [3.63, 3.8) is 0 Å². The molecule has 23 heavy (non-hydrogen) atoms. The molecule has 0 unspecified atom stereocenters. The SMILES string of the molecule is N#CC1=C(N)Oc2ccc3ccccc3c2[C@@H]1c1ccc(Br)s1. The molecule has 2 N–H and O–H groups in total. The molecule has 0 radical (unpaired) electrons. The van der Waals surface area contributed by atoms with Gasteiger partial charge in [0.05, 0.1) is 9.70 Å². The van der Waals surface area contributed by atoms with Gasteiger partial charge in [0.2, 0.25) is 5.88 Å². The average molecular weight is 383 g/mol. The molecule has 3 nitrogen and oxygen atoms in total. The van der Waals surface area contributed by atoms with Crippen molar-refractivity contribution in [3.05, 3.63) is 74.2 Å². The molecule has 3 aromatic rings. The second-order valence-electron chi connectivity index (χ2n) is 5.27. The fourth-order valence-electron chi connectivity index (χ4n) is 3.01. The van der Waals surface area contributed by atoms with Gasteiger partial charge in [-0.05, 0) is 44.9 Å². The average Bonchev–Trinajstić information content (AvgIpc) is 2.99. The quantitative estimate of drug-likeness (QED) is 0.652. The van der Waals surface area contributed by atoms with Gasteiger partial charge in [-0.3, -0.25) is 0 Å². The number of benzene rings is 2. The van der Waals surface area contributed by atoms with E-state index < -0.39 is 0 Å². The Labute approximate surface area is 145 Å². The Morgan fingerprint density at radius 3 is 2.70 bits per heavy atom. The Morgan fingerprint density at radius 1 is 1.13 bits per heavy atom. The first-order valence-electron chi connectivity index (χ1n) is 7.03. The predicted octanol–water partition coefficient (Wildman–Crippen LogP) is 4.88. The molecular formula is C18H11BrN2OS. The lowest BCUT2D eigenvalue weighted by Gasteiger charge is -2.26. The largest absolute Gasteiger partial charge is 0.440 e. The van der Waals surface area contributed by atoms with Crippen molar-refractivity contribution in [2.75, 3.05) is 0 Å². The third kappa shape index (κ3) is 2.23. The van der Waals surface area contributed by atoms with Gasteiger partial charge in [0.1, 0.15) is 17.4 Å². The van der Waals surface area contributed by atoms with Crippen LogP contribution in [0, 0.1) is 11.3 Å². The van der Waals surface area contributed by atoms with E-state index in [1.165, 1.54) is 0 Å². The van der Waals surface area contributed by atoms with Crippen molar-refractivity contribution in [2.45, 2.75) is 5.92 Å². The third-order valence-electron chi connectivity index (χ3n) is 3.99. The van der Waals surface area contributed by atoms with Crippen molar-refractivity contribution in [3.8, 4) is 11.8 Å². The number of rotatable bonds is 1. The zero-order chi connectivity index (χ0) is 16.0. The topological polar surface area (TPSA) is 59.0 Å². The van der Waals surface area contributed by atoms with Crippen LogP contribution in [0.3, 0.4) is 0 Å². The molecule has 1 aliphatic rings. The Bertz CT molecular complexity index is 1000. The number of nitriles is 1. The highest BCUT2D eigenvalue weighted by Gasteiger charge is 2.32. The number of hydrogen-bond donors (Lipinski definition) is 1. The number of halogens is 1. The van der Waals surface area contributed by atoms with E-state index in [0.29, 0.717) is 5.57 Å². The Morgan fingerprint density at radius 2 is 1.96 bits per heavy atom. The molecule has 0 saturated heterocycles. The van der Waals surface area contributed by atoms with Crippen LogP contribution in [0.15, 0.2) is 63.8 Å². The smallest absolute Gasteiger partial charge is 0.205 e. The van der Waals surface area contributed by atoms with Gasteiger partial charge in [-0.2, -0.15) is 5.26 Å². The third-order valence-corrected chi connectivity index (χ3v) is 5.68. The van der Waals surface area contributed by atoms with Crippen LogP contribution in [0.5, 0.6) is 5.75 Å². The summed E-state index contributed by atoms with van der Waals surface area (Å²) in [5, 5.41) is 11.8. The highest BCUT2D eigenvalue weighted by molar-refractivity contribution is 9.11. The van der Waals surface area contributed by atoms with E-state index in [9.17, 15) is 5.26 Å². The highest BCUT2D eigenvalue weighted by atomic mass is 79.9. The van der Waals surface area contributed by atoms with E-state index in [1.54, 1.807) is 11.3 Å². The maximum Gasteiger partial charge on any atom is 0.205 e. The monoisotopic (exact) mass is 382 g/mol. The fourth-order valence-corrected chi connectivity index (χ4v) is 4.55. The normalized spacial score (nSPS) is 16.8. The summed E-state index contributed by atoms with van der Waals surface area (Å²) in [6, 6.07) is 18.3. The summed E-state index contributed by atoms with van der Waals surface area (Å²) in [6.45, 7) is 0. The minimum Gasteiger partial charge on any atom is -0.440 e. The van der Waals surface area contributed by atoms with Crippen LogP contribution in [0.4, 0.5) is 0 Å². The second kappa shape index (κ2) is 5.41. The second-order valence-corrected chi connectivity index (χ2v) is 7.76. The van der Waals surface area contributed by atoms with Crippen LogP contribution in [0.1, 0.15) is 16.4 Å². The van der Waals surface area contributed by atoms with Crippen LogP contribution < -0.4 is 10.5 Å². The van der Waals surface area contributed by atoms with Gasteiger partial charge in [0.15, 0.2) is 0 Å². The number of nitrogens with two attached hydrogens (primary N) is 1. The summed E-state index contributed by atoms with van der Waals surface area (Å²) >= 11 is 5.11. The van der Waals surface area contributed by atoms with E-state index >= 15 is 0 Å². The van der Waals surface area contributed by atoms with Gasteiger partial charge >= 0.3 is 0 Å². The predicted molar refractivity (Wildman–Crippen MR) is 95.3 cm³/mol. The molecule has 1 atom stereocenters. The lowest BCUT2D eigenvalue weighted by atomic mass is 9.85. The summed E-state index contributed by atoms with van der Waals surface area (Å²) in [7, 11) is 0. The van der Waals surface area contributed by atoms with Gasteiger partial charge in [0.25, 0.3) is 0 Å². The van der Waals surface area contributed by atoms with Crippen LogP contribution >= 0.6 is 27.3 Å². The minimum absolute atomic E-state index is 0.185. The maximum atomic E-state index is 9.62.